The van der Waals surface area contributed by atoms with E-state index in [4.69, 9.17) is 9.47 Å². The van der Waals surface area contributed by atoms with Gasteiger partial charge in [-0.2, -0.15) is 0 Å². The number of aliphatic hydroxyl groups is 1. The van der Waals surface area contributed by atoms with Gasteiger partial charge in [0.15, 0.2) is 11.5 Å². The van der Waals surface area contributed by atoms with E-state index < -0.39 is 6.10 Å². The average molecular weight is 222 g/mol. The van der Waals surface area contributed by atoms with Crippen LogP contribution in [0.4, 0.5) is 0 Å². The molecule has 1 rings (SSSR count). The first-order chi connectivity index (χ1) is 7.58. The molecule has 0 aliphatic heterocycles. The van der Waals surface area contributed by atoms with E-state index in [2.05, 4.69) is 0 Å². The van der Waals surface area contributed by atoms with Crippen molar-refractivity contribution in [3.8, 4) is 11.5 Å². The summed E-state index contributed by atoms with van der Waals surface area (Å²) < 4.78 is 10.3. The second-order valence-corrected chi connectivity index (χ2v) is 3.80. The molecule has 0 fully saturated rings. The molecule has 1 aromatic rings. The molecule has 1 aromatic carbocycles. The summed E-state index contributed by atoms with van der Waals surface area (Å²) in [5, 5.41) is 9.90. The third-order valence-corrected chi connectivity index (χ3v) is 2.24. The first-order valence-electron chi connectivity index (χ1n) is 5.13. The van der Waals surface area contributed by atoms with Gasteiger partial charge in [-0.3, -0.25) is 0 Å². The Balaban J connectivity index is 3.03. The molecule has 1 N–H and O–H groups in total. The zero-order valence-electron chi connectivity index (χ0n) is 10.2. The van der Waals surface area contributed by atoms with E-state index in [0.717, 1.165) is 11.1 Å². The number of allylic oxidation sites excluding steroid dienone is 1. The van der Waals surface area contributed by atoms with Crippen molar-refractivity contribution in [2.45, 2.75) is 20.0 Å². The lowest BCUT2D eigenvalue weighted by atomic mass is 10.1. The number of methoxy groups -OCH3 is 2. The minimum Gasteiger partial charge on any atom is -0.493 e. The molecule has 0 aliphatic rings. The SMILES string of the molecule is COc1ccc(C(O)C=C(C)C)cc1OC. The van der Waals surface area contributed by atoms with Crippen molar-refractivity contribution in [2.24, 2.45) is 0 Å². The molecule has 0 aliphatic carbocycles. The molecule has 0 saturated heterocycles. The summed E-state index contributed by atoms with van der Waals surface area (Å²) in [6, 6.07) is 5.39. The first kappa shape index (κ1) is 12.6. The van der Waals surface area contributed by atoms with Crippen molar-refractivity contribution in [3.63, 3.8) is 0 Å². The molecule has 0 heterocycles. The molecule has 3 heteroatoms. The lowest BCUT2D eigenvalue weighted by Crippen LogP contribution is -1.97. The Kier molecular flexibility index (Phi) is 4.38. The van der Waals surface area contributed by atoms with Gasteiger partial charge in [0, 0.05) is 0 Å². The van der Waals surface area contributed by atoms with Gasteiger partial charge in [0.1, 0.15) is 0 Å². The van der Waals surface area contributed by atoms with Crippen molar-refractivity contribution in [1.29, 1.82) is 0 Å². The molecule has 16 heavy (non-hydrogen) atoms. The second kappa shape index (κ2) is 5.56. The summed E-state index contributed by atoms with van der Waals surface area (Å²) in [5.74, 6) is 1.29. The molecule has 0 aromatic heterocycles. The Labute approximate surface area is 96.3 Å². The molecule has 0 saturated carbocycles. The molecule has 88 valence electrons. The van der Waals surface area contributed by atoms with E-state index >= 15 is 0 Å². The molecule has 1 unspecified atom stereocenters. The molecule has 0 radical (unpaired) electrons. The molecule has 3 nitrogen and oxygen atoms in total. The van der Waals surface area contributed by atoms with Crippen LogP contribution in [0.15, 0.2) is 29.8 Å². The highest BCUT2D eigenvalue weighted by molar-refractivity contribution is 5.44. The highest BCUT2D eigenvalue weighted by Gasteiger charge is 2.09. The van der Waals surface area contributed by atoms with Gasteiger partial charge in [-0.1, -0.05) is 17.7 Å². The van der Waals surface area contributed by atoms with E-state index in [0.29, 0.717) is 11.5 Å². The smallest absolute Gasteiger partial charge is 0.161 e. The van der Waals surface area contributed by atoms with Gasteiger partial charge in [-0.15, -0.1) is 0 Å². The molecule has 0 amide bonds. The summed E-state index contributed by atoms with van der Waals surface area (Å²) in [6.45, 7) is 3.90. The standard InChI is InChI=1S/C13H18O3/c1-9(2)7-11(14)10-5-6-12(15-3)13(8-10)16-4/h5-8,11,14H,1-4H3. The van der Waals surface area contributed by atoms with E-state index in [1.165, 1.54) is 0 Å². The Morgan fingerprint density at radius 1 is 1.19 bits per heavy atom. The van der Waals surface area contributed by atoms with E-state index in [1.807, 2.05) is 19.9 Å². The van der Waals surface area contributed by atoms with Crippen molar-refractivity contribution in [1.82, 2.24) is 0 Å². The summed E-state index contributed by atoms with van der Waals surface area (Å²) in [4.78, 5) is 0. The van der Waals surface area contributed by atoms with Gasteiger partial charge in [-0.25, -0.2) is 0 Å². The van der Waals surface area contributed by atoms with Gasteiger partial charge in [-0.05, 0) is 31.5 Å². The van der Waals surface area contributed by atoms with E-state index in [-0.39, 0.29) is 0 Å². The average Bonchev–Trinajstić information content (AvgIpc) is 2.27. The highest BCUT2D eigenvalue weighted by Crippen LogP contribution is 2.30. The third kappa shape index (κ3) is 3.00. The first-order valence-corrected chi connectivity index (χ1v) is 5.13. The van der Waals surface area contributed by atoms with Crippen LogP contribution < -0.4 is 9.47 Å². The highest BCUT2D eigenvalue weighted by atomic mass is 16.5. The number of aliphatic hydroxyl groups excluding tert-OH is 1. The quantitative estimate of drug-likeness (QED) is 0.796. The molecule has 0 bridgehead atoms. The van der Waals surface area contributed by atoms with Crippen molar-refractivity contribution < 1.29 is 14.6 Å². The molecule has 1 atom stereocenters. The zero-order chi connectivity index (χ0) is 12.1. The molecule has 0 spiro atoms. The minimum absolute atomic E-state index is 0.607. The van der Waals surface area contributed by atoms with Crippen LogP contribution in [0.2, 0.25) is 0 Å². The fraction of sp³-hybridized carbons (Fsp3) is 0.385. The van der Waals surface area contributed by atoms with Crippen LogP contribution in [-0.2, 0) is 0 Å². The number of rotatable bonds is 4. The largest absolute Gasteiger partial charge is 0.493 e. The Hall–Kier alpha value is -1.48. The summed E-state index contributed by atoms with van der Waals surface area (Å²) in [6.07, 6.45) is 1.19. The lowest BCUT2D eigenvalue weighted by Gasteiger charge is -2.12. The maximum absolute atomic E-state index is 9.90. The minimum atomic E-state index is -0.607. The zero-order valence-corrected chi connectivity index (χ0v) is 10.2. The monoisotopic (exact) mass is 222 g/mol. The van der Waals surface area contributed by atoms with Crippen LogP contribution in [0.3, 0.4) is 0 Å². The Morgan fingerprint density at radius 3 is 2.31 bits per heavy atom. The van der Waals surface area contributed by atoms with Gasteiger partial charge >= 0.3 is 0 Å². The predicted molar refractivity (Wildman–Crippen MR) is 63.9 cm³/mol. The van der Waals surface area contributed by atoms with E-state index in [9.17, 15) is 5.11 Å². The van der Waals surface area contributed by atoms with Gasteiger partial charge in [0.2, 0.25) is 0 Å². The predicted octanol–water partition coefficient (Wildman–Crippen LogP) is 2.70. The topological polar surface area (TPSA) is 38.7 Å². The number of ether oxygens (including phenoxy) is 2. The summed E-state index contributed by atoms with van der Waals surface area (Å²) in [5.41, 5.74) is 1.86. The van der Waals surface area contributed by atoms with Crippen molar-refractivity contribution in [2.75, 3.05) is 14.2 Å². The maximum Gasteiger partial charge on any atom is 0.161 e. The second-order valence-electron chi connectivity index (χ2n) is 3.80. The van der Waals surface area contributed by atoms with Gasteiger partial charge < -0.3 is 14.6 Å². The fourth-order valence-electron chi connectivity index (χ4n) is 1.45. The van der Waals surface area contributed by atoms with Gasteiger partial charge in [0.25, 0.3) is 0 Å². The summed E-state index contributed by atoms with van der Waals surface area (Å²) >= 11 is 0. The van der Waals surface area contributed by atoms with Crippen LogP contribution in [0.25, 0.3) is 0 Å². The van der Waals surface area contributed by atoms with Crippen molar-refractivity contribution >= 4 is 0 Å². The van der Waals surface area contributed by atoms with Crippen molar-refractivity contribution in [3.05, 3.63) is 35.4 Å². The summed E-state index contributed by atoms with van der Waals surface area (Å²) in [7, 11) is 3.17. The van der Waals surface area contributed by atoms with E-state index in [1.54, 1.807) is 32.4 Å². The lowest BCUT2D eigenvalue weighted by molar-refractivity contribution is 0.227. The Bertz CT molecular complexity index is 379. The normalized spacial score (nSPS) is 11.8. The third-order valence-electron chi connectivity index (χ3n) is 2.24. The van der Waals surface area contributed by atoms with Crippen LogP contribution >= 0.6 is 0 Å². The molecular formula is C13H18O3. The number of benzene rings is 1. The van der Waals surface area contributed by atoms with Gasteiger partial charge in [0.05, 0.1) is 20.3 Å². The number of hydrogen-bond donors (Lipinski definition) is 1. The fourth-order valence-corrected chi connectivity index (χ4v) is 1.45. The maximum atomic E-state index is 9.90. The number of hydrogen-bond acceptors (Lipinski definition) is 3. The van der Waals surface area contributed by atoms with Crippen LogP contribution in [-0.4, -0.2) is 19.3 Å². The molecular weight excluding hydrogens is 204 g/mol. The Morgan fingerprint density at radius 2 is 1.81 bits per heavy atom. The van der Waals surface area contributed by atoms with Crippen LogP contribution in [0.1, 0.15) is 25.5 Å². The van der Waals surface area contributed by atoms with Crippen LogP contribution in [0, 0.1) is 0 Å². The van der Waals surface area contributed by atoms with Crippen LogP contribution in [0.5, 0.6) is 11.5 Å².